The van der Waals surface area contributed by atoms with Gasteiger partial charge in [0.15, 0.2) is 0 Å². The molecule has 0 radical (unpaired) electrons. The average Bonchev–Trinajstić information content (AvgIpc) is 2.53. The van der Waals surface area contributed by atoms with Crippen molar-refractivity contribution in [2.75, 3.05) is 32.8 Å². The molecule has 23 heavy (non-hydrogen) atoms. The number of likely N-dealkylation sites (tertiary alicyclic amines) is 1. The Bertz CT molecular complexity index is 415. The predicted molar refractivity (Wildman–Crippen MR) is 87.6 cm³/mol. The van der Waals surface area contributed by atoms with Gasteiger partial charge in [0.05, 0.1) is 6.61 Å². The van der Waals surface area contributed by atoms with Crippen LogP contribution in [0.25, 0.3) is 0 Å². The molecular weight excluding hydrogens is 296 g/mol. The second kappa shape index (κ2) is 9.53. The van der Waals surface area contributed by atoms with Gasteiger partial charge in [0.2, 0.25) is 11.8 Å². The summed E-state index contributed by atoms with van der Waals surface area (Å²) in [5.41, 5.74) is 0. The van der Waals surface area contributed by atoms with Gasteiger partial charge in [0, 0.05) is 31.5 Å². The van der Waals surface area contributed by atoms with Crippen LogP contribution in [0, 0.1) is 11.8 Å². The minimum absolute atomic E-state index is 0.0107. The molecule has 1 fully saturated rings. The Balaban J connectivity index is 2.58. The van der Waals surface area contributed by atoms with Crippen molar-refractivity contribution in [1.29, 1.82) is 0 Å². The number of rotatable bonds is 7. The lowest BCUT2D eigenvalue weighted by atomic mass is 9.94. The van der Waals surface area contributed by atoms with Crippen LogP contribution in [0.15, 0.2) is 0 Å². The Hall–Kier alpha value is -1.59. The fraction of sp³-hybridized carbons (Fsp3) is 0.824. The maximum atomic E-state index is 12.7. The number of carbonyl (C=O) groups is 3. The Morgan fingerprint density at radius 3 is 2.26 bits per heavy atom. The number of hydrogen-bond donors (Lipinski definition) is 0. The molecular formula is C17H30N2O4. The van der Waals surface area contributed by atoms with Crippen molar-refractivity contribution in [3.8, 4) is 0 Å². The first kappa shape index (κ1) is 19.5. The number of carbonyl (C=O) groups excluding carboxylic acids is 3. The van der Waals surface area contributed by atoms with Gasteiger partial charge < -0.3 is 14.5 Å². The van der Waals surface area contributed by atoms with E-state index in [4.69, 9.17) is 4.74 Å². The summed E-state index contributed by atoms with van der Waals surface area (Å²) in [4.78, 5) is 39.8. The lowest BCUT2D eigenvalue weighted by Gasteiger charge is -2.34. The zero-order valence-corrected chi connectivity index (χ0v) is 14.8. The lowest BCUT2D eigenvalue weighted by molar-refractivity contribution is -0.151. The second-order valence-corrected chi connectivity index (χ2v) is 6.32. The van der Waals surface area contributed by atoms with E-state index in [1.807, 2.05) is 25.7 Å². The molecule has 0 atom stereocenters. The summed E-state index contributed by atoms with van der Waals surface area (Å²) in [5, 5.41) is 0. The molecule has 6 heteroatoms. The van der Waals surface area contributed by atoms with E-state index in [1.54, 1.807) is 11.8 Å². The van der Waals surface area contributed by atoms with Crippen LogP contribution in [0.1, 0.15) is 47.0 Å². The molecule has 0 aromatic heterocycles. The van der Waals surface area contributed by atoms with Crippen molar-refractivity contribution in [3.63, 3.8) is 0 Å². The summed E-state index contributed by atoms with van der Waals surface area (Å²) in [5.74, 6) is -0.319. The molecule has 1 rings (SSSR count). The highest BCUT2D eigenvalue weighted by molar-refractivity contribution is 5.84. The highest BCUT2D eigenvalue weighted by Gasteiger charge is 2.31. The first-order valence-corrected chi connectivity index (χ1v) is 8.63. The van der Waals surface area contributed by atoms with Crippen LogP contribution in [0.4, 0.5) is 0 Å². The summed E-state index contributed by atoms with van der Waals surface area (Å²) < 4.78 is 4.95. The van der Waals surface area contributed by atoms with Crippen LogP contribution in [0.3, 0.4) is 0 Å². The van der Waals surface area contributed by atoms with Crippen molar-refractivity contribution in [3.05, 3.63) is 0 Å². The monoisotopic (exact) mass is 326 g/mol. The number of ether oxygens (including phenoxy) is 1. The van der Waals surface area contributed by atoms with Crippen LogP contribution in [0.2, 0.25) is 0 Å². The van der Waals surface area contributed by atoms with Gasteiger partial charge in [0.1, 0.15) is 6.54 Å². The van der Waals surface area contributed by atoms with Gasteiger partial charge in [0.25, 0.3) is 0 Å². The van der Waals surface area contributed by atoms with E-state index < -0.39 is 0 Å². The van der Waals surface area contributed by atoms with Gasteiger partial charge in [-0.05, 0) is 26.2 Å². The topological polar surface area (TPSA) is 66.9 Å². The molecule has 1 saturated heterocycles. The molecule has 0 spiro atoms. The molecule has 1 heterocycles. The van der Waals surface area contributed by atoms with Crippen LogP contribution < -0.4 is 0 Å². The standard InChI is InChI=1S/C17H30N2O4/c1-5-9-19(12-15(20)23-6-2)17(22)14-7-10-18(11-8-14)16(21)13(3)4/h13-14H,5-12H2,1-4H3. The summed E-state index contributed by atoms with van der Waals surface area (Å²) in [7, 11) is 0. The van der Waals surface area contributed by atoms with E-state index in [1.165, 1.54) is 0 Å². The van der Waals surface area contributed by atoms with Crippen molar-refractivity contribution >= 4 is 17.8 Å². The summed E-state index contributed by atoms with van der Waals surface area (Å²) in [6, 6.07) is 0. The minimum Gasteiger partial charge on any atom is -0.465 e. The van der Waals surface area contributed by atoms with Gasteiger partial charge in [-0.3, -0.25) is 14.4 Å². The van der Waals surface area contributed by atoms with Gasteiger partial charge >= 0.3 is 5.97 Å². The van der Waals surface area contributed by atoms with Crippen molar-refractivity contribution in [1.82, 2.24) is 9.80 Å². The van der Waals surface area contributed by atoms with Gasteiger partial charge in [-0.2, -0.15) is 0 Å². The fourth-order valence-corrected chi connectivity index (χ4v) is 2.87. The van der Waals surface area contributed by atoms with Gasteiger partial charge in [-0.1, -0.05) is 20.8 Å². The van der Waals surface area contributed by atoms with Crippen molar-refractivity contribution < 1.29 is 19.1 Å². The summed E-state index contributed by atoms with van der Waals surface area (Å²) in [6.07, 6.45) is 2.14. The fourth-order valence-electron chi connectivity index (χ4n) is 2.87. The maximum Gasteiger partial charge on any atom is 0.325 e. The normalized spacial score (nSPS) is 15.6. The number of hydrogen-bond acceptors (Lipinski definition) is 4. The van der Waals surface area contributed by atoms with Crippen molar-refractivity contribution in [2.45, 2.75) is 47.0 Å². The average molecular weight is 326 g/mol. The van der Waals surface area contributed by atoms with Gasteiger partial charge in [-0.15, -0.1) is 0 Å². The van der Waals surface area contributed by atoms with Gasteiger partial charge in [-0.25, -0.2) is 0 Å². The van der Waals surface area contributed by atoms with E-state index in [2.05, 4.69) is 0 Å². The number of amides is 2. The van der Waals surface area contributed by atoms with E-state index in [0.717, 1.165) is 6.42 Å². The summed E-state index contributed by atoms with van der Waals surface area (Å²) in [6.45, 7) is 9.65. The highest BCUT2D eigenvalue weighted by Crippen LogP contribution is 2.21. The SMILES string of the molecule is CCCN(CC(=O)OCC)C(=O)C1CCN(C(=O)C(C)C)CC1. The smallest absolute Gasteiger partial charge is 0.325 e. The summed E-state index contributed by atoms with van der Waals surface area (Å²) >= 11 is 0. The number of nitrogens with zero attached hydrogens (tertiary/aromatic N) is 2. The first-order chi connectivity index (χ1) is 10.9. The van der Waals surface area contributed by atoms with E-state index in [0.29, 0.717) is 39.1 Å². The van der Waals surface area contributed by atoms with Crippen LogP contribution >= 0.6 is 0 Å². The first-order valence-electron chi connectivity index (χ1n) is 8.63. The third-order valence-electron chi connectivity index (χ3n) is 4.08. The highest BCUT2D eigenvalue weighted by atomic mass is 16.5. The van der Waals surface area contributed by atoms with Crippen LogP contribution in [-0.4, -0.2) is 60.4 Å². The number of piperidine rings is 1. The number of esters is 1. The molecule has 0 saturated carbocycles. The van der Waals surface area contributed by atoms with E-state index >= 15 is 0 Å². The quantitative estimate of drug-likeness (QED) is 0.668. The van der Waals surface area contributed by atoms with E-state index in [-0.39, 0.29) is 36.2 Å². The Morgan fingerprint density at radius 2 is 1.78 bits per heavy atom. The molecule has 1 aliphatic rings. The van der Waals surface area contributed by atoms with Crippen LogP contribution in [-0.2, 0) is 19.1 Å². The molecule has 0 bridgehead atoms. The molecule has 0 N–H and O–H groups in total. The van der Waals surface area contributed by atoms with E-state index in [9.17, 15) is 14.4 Å². The second-order valence-electron chi connectivity index (χ2n) is 6.32. The molecule has 132 valence electrons. The Morgan fingerprint density at radius 1 is 1.17 bits per heavy atom. The molecule has 0 aromatic rings. The molecule has 0 unspecified atom stereocenters. The molecule has 2 amide bonds. The largest absolute Gasteiger partial charge is 0.465 e. The van der Waals surface area contributed by atoms with Crippen molar-refractivity contribution in [2.24, 2.45) is 11.8 Å². The third-order valence-corrected chi connectivity index (χ3v) is 4.08. The minimum atomic E-state index is -0.360. The molecule has 6 nitrogen and oxygen atoms in total. The molecule has 1 aliphatic heterocycles. The zero-order chi connectivity index (χ0) is 17.4. The van der Waals surface area contributed by atoms with Crippen LogP contribution in [0.5, 0.6) is 0 Å². The molecule has 0 aliphatic carbocycles. The Kier molecular flexibility index (Phi) is 8.06. The maximum absolute atomic E-state index is 12.7. The lowest BCUT2D eigenvalue weighted by Crippen LogP contribution is -2.46. The third kappa shape index (κ3) is 5.84. The Labute approximate surface area is 139 Å². The predicted octanol–water partition coefficient (Wildman–Crippen LogP) is 1.68. The molecule has 0 aromatic carbocycles. The zero-order valence-electron chi connectivity index (χ0n) is 14.8.